The fourth-order valence-electron chi connectivity index (χ4n) is 2.34. The molecule has 1 aromatic carbocycles. The predicted octanol–water partition coefficient (Wildman–Crippen LogP) is 2.51. The zero-order chi connectivity index (χ0) is 20.7. The van der Waals surface area contributed by atoms with E-state index in [2.05, 4.69) is 15.6 Å². The van der Waals surface area contributed by atoms with Crippen LogP contribution in [-0.4, -0.2) is 40.9 Å². The maximum atomic E-state index is 13.1. The molecule has 0 radical (unpaired) electrons. The van der Waals surface area contributed by atoms with E-state index in [1.54, 1.807) is 24.6 Å². The number of benzene rings is 1. The lowest BCUT2D eigenvalue weighted by Gasteiger charge is -2.20. The number of carbonyl (C=O) groups excluding carboxylic acids is 3. The van der Waals surface area contributed by atoms with Gasteiger partial charge in [-0.2, -0.15) is 0 Å². The van der Waals surface area contributed by atoms with Crippen molar-refractivity contribution in [3.05, 3.63) is 46.7 Å². The fraction of sp³-hybridized carbons (Fsp3) is 0.333. The van der Waals surface area contributed by atoms with Gasteiger partial charge < -0.3 is 15.0 Å². The number of anilines is 1. The number of amides is 3. The molecule has 0 saturated heterocycles. The highest BCUT2D eigenvalue weighted by Gasteiger charge is 2.21. The Bertz CT molecular complexity index is 858. The molecule has 0 aliphatic heterocycles. The normalized spacial score (nSPS) is 11.4. The van der Waals surface area contributed by atoms with Crippen LogP contribution >= 0.6 is 11.3 Å². The van der Waals surface area contributed by atoms with E-state index in [-0.39, 0.29) is 24.8 Å². The summed E-state index contributed by atoms with van der Waals surface area (Å²) in [5, 5.41) is 7.27. The Hall–Kier alpha value is -3.01. The smallest absolute Gasteiger partial charge is 0.321 e. The van der Waals surface area contributed by atoms with Gasteiger partial charge in [0.15, 0.2) is 11.2 Å². The molecule has 1 atom stereocenters. The second-order valence-corrected chi connectivity index (χ2v) is 6.89. The van der Waals surface area contributed by atoms with Crippen molar-refractivity contribution >= 4 is 34.4 Å². The topological polar surface area (TPSA) is 101 Å². The maximum Gasteiger partial charge on any atom is 0.321 e. The quantitative estimate of drug-likeness (QED) is 0.686. The Morgan fingerprint density at radius 1 is 1.36 bits per heavy atom. The zero-order valence-electron chi connectivity index (χ0n) is 15.7. The first-order chi connectivity index (χ1) is 13.2. The van der Waals surface area contributed by atoms with Crippen molar-refractivity contribution in [2.24, 2.45) is 0 Å². The van der Waals surface area contributed by atoms with Gasteiger partial charge in [0, 0.05) is 25.9 Å². The first-order valence-electron chi connectivity index (χ1n) is 8.40. The molecule has 1 unspecified atom stereocenters. The zero-order valence-corrected chi connectivity index (χ0v) is 16.5. The fourth-order valence-corrected chi connectivity index (χ4v) is 3.03. The van der Waals surface area contributed by atoms with E-state index in [9.17, 15) is 18.8 Å². The number of hydrogen-bond donors (Lipinski definition) is 2. The summed E-state index contributed by atoms with van der Waals surface area (Å²) in [6, 6.07) is 5.46. The second-order valence-electron chi connectivity index (χ2n) is 6.03. The van der Waals surface area contributed by atoms with Gasteiger partial charge >= 0.3 is 12.0 Å². The van der Waals surface area contributed by atoms with Crippen LogP contribution in [-0.2, 0) is 27.4 Å². The number of ether oxygens (including phenoxy) is 1. The van der Waals surface area contributed by atoms with Crippen LogP contribution in [0.2, 0.25) is 0 Å². The van der Waals surface area contributed by atoms with Crippen molar-refractivity contribution in [2.45, 2.75) is 33.0 Å². The maximum absolute atomic E-state index is 13.1. The number of hydrogen-bond acceptors (Lipinski definition) is 6. The summed E-state index contributed by atoms with van der Waals surface area (Å²) in [6.45, 7) is 3.11. The molecule has 0 saturated carbocycles. The number of halogens is 1. The minimum atomic E-state index is -0.882. The number of aromatic nitrogens is 1. The van der Waals surface area contributed by atoms with Crippen molar-refractivity contribution in [1.29, 1.82) is 0 Å². The first kappa shape index (κ1) is 21.3. The van der Waals surface area contributed by atoms with Crippen LogP contribution in [0.25, 0.3) is 0 Å². The Labute approximate surface area is 165 Å². The monoisotopic (exact) mass is 408 g/mol. The third-order valence-corrected chi connectivity index (χ3v) is 4.39. The van der Waals surface area contributed by atoms with Crippen LogP contribution in [0.5, 0.6) is 0 Å². The number of carbonyl (C=O) groups is 3. The highest BCUT2D eigenvalue weighted by molar-refractivity contribution is 7.13. The van der Waals surface area contributed by atoms with E-state index in [4.69, 9.17) is 4.74 Å². The summed E-state index contributed by atoms with van der Waals surface area (Å²) in [4.78, 5) is 40.6. The van der Waals surface area contributed by atoms with Crippen LogP contribution in [0, 0.1) is 5.82 Å². The standard InChI is InChI=1S/C18H21FN4O4S/c1-11(27-12(2)24)16(25)23(3)9-15-10-28-18(21-15)22-17(26)20-8-13-5-4-6-14(19)7-13/h4-7,10-11H,8-9H2,1-3H3,(H2,20,21,22,26). The van der Waals surface area contributed by atoms with E-state index in [1.807, 2.05) is 0 Å². The van der Waals surface area contributed by atoms with Gasteiger partial charge in [-0.25, -0.2) is 14.2 Å². The Balaban J connectivity index is 1.83. The Kier molecular flexibility index (Phi) is 7.44. The summed E-state index contributed by atoms with van der Waals surface area (Å²) in [6.07, 6.45) is -0.882. The van der Waals surface area contributed by atoms with Crippen molar-refractivity contribution in [3.63, 3.8) is 0 Å². The van der Waals surface area contributed by atoms with Gasteiger partial charge in [-0.15, -0.1) is 11.3 Å². The predicted molar refractivity (Wildman–Crippen MR) is 102 cm³/mol. The summed E-state index contributed by atoms with van der Waals surface area (Å²) in [7, 11) is 1.57. The molecule has 2 N–H and O–H groups in total. The van der Waals surface area contributed by atoms with Crippen LogP contribution in [0.4, 0.5) is 14.3 Å². The molecule has 0 aliphatic rings. The minimum absolute atomic E-state index is 0.174. The van der Waals surface area contributed by atoms with E-state index in [0.717, 1.165) is 0 Å². The number of rotatable bonds is 7. The lowest BCUT2D eigenvalue weighted by atomic mass is 10.2. The van der Waals surface area contributed by atoms with Crippen molar-refractivity contribution in [1.82, 2.24) is 15.2 Å². The van der Waals surface area contributed by atoms with Crippen LogP contribution < -0.4 is 10.6 Å². The number of thiazole rings is 1. The van der Waals surface area contributed by atoms with Gasteiger partial charge in [0.25, 0.3) is 5.91 Å². The SMILES string of the molecule is CC(=O)OC(C)C(=O)N(C)Cc1csc(NC(=O)NCc2cccc(F)c2)n1. The average molecular weight is 408 g/mol. The molecule has 0 aliphatic carbocycles. The molecule has 2 rings (SSSR count). The van der Waals surface area contributed by atoms with Crippen molar-refractivity contribution in [2.75, 3.05) is 12.4 Å². The molecular weight excluding hydrogens is 387 g/mol. The van der Waals surface area contributed by atoms with Crippen molar-refractivity contribution in [3.8, 4) is 0 Å². The van der Waals surface area contributed by atoms with Gasteiger partial charge in [-0.1, -0.05) is 12.1 Å². The molecular formula is C18H21FN4O4S. The molecule has 10 heteroatoms. The number of nitrogens with zero attached hydrogens (tertiary/aromatic N) is 2. The number of nitrogens with one attached hydrogen (secondary N) is 2. The largest absolute Gasteiger partial charge is 0.453 e. The summed E-state index contributed by atoms with van der Waals surface area (Å²) in [5.74, 6) is -1.25. The van der Waals surface area contributed by atoms with Gasteiger partial charge in [-0.05, 0) is 24.6 Å². The average Bonchev–Trinajstić information content (AvgIpc) is 3.05. The lowest BCUT2D eigenvalue weighted by molar-refractivity contribution is -0.156. The highest BCUT2D eigenvalue weighted by atomic mass is 32.1. The second kappa shape index (κ2) is 9.79. The number of likely N-dealkylation sites (N-methyl/N-ethyl adjacent to an activating group) is 1. The van der Waals surface area contributed by atoms with E-state index in [1.165, 1.54) is 42.2 Å². The molecule has 28 heavy (non-hydrogen) atoms. The number of urea groups is 1. The third kappa shape index (κ3) is 6.62. The van der Waals surface area contributed by atoms with Gasteiger partial charge in [0.2, 0.25) is 0 Å². The first-order valence-corrected chi connectivity index (χ1v) is 9.28. The lowest BCUT2D eigenvalue weighted by Crippen LogP contribution is -2.36. The summed E-state index contributed by atoms with van der Waals surface area (Å²) < 4.78 is 18.0. The molecule has 2 aromatic rings. The van der Waals surface area contributed by atoms with Gasteiger partial charge in [-0.3, -0.25) is 14.9 Å². The molecule has 8 nitrogen and oxygen atoms in total. The van der Waals surface area contributed by atoms with Gasteiger partial charge in [0.05, 0.1) is 12.2 Å². The van der Waals surface area contributed by atoms with Crippen LogP contribution in [0.1, 0.15) is 25.1 Å². The minimum Gasteiger partial charge on any atom is -0.453 e. The third-order valence-electron chi connectivity index (χ3n) is 3.58. The van der Waals surface area contributed by atoms with Crippen LogP contribution in [0.15, 0.2) is 29.6 Å². The molecule has 0 fully saturated rings. The summed E-state index contributed by atoms with van der Waals surface area (Å²) >= 11 is 1.21. The summed E-state index contributed by atoms with van der Waals surface area (Å²) in [5.41, 5.74) is 1.22. The molecule has 150 valence electrons. The molecule has 1 heterocycles. The van der Waals surface area contributed by atoms with Crippen molar-refractivity contribution < 1.29 is 23.5 Å². The van der Waals surface area contributed by atoms with Crippen LogP contribution in [0.3, 0.4) is 0 Å². The van der Waals surface area contributed by atoms with E-state index < -0.39 is 18.1 Å². The van der Waals surface area contributed by atoms with E-state index in [0.29, 0.717) is 16.4 Å². The molecule has 0 bridgehead atoms. The van der Waals surface area contributed by atoms with Gasteiger partial charge in [0.1, 0.15) is 5.82 Å². The molecule has 3 amide bonds. The molecule has 0 spiro atoms. The number of esters is 1. The highest BCUT2D eigenvalue weighted by Crippen LogP contribution is 2.17. The van der Waals surface area contributed by atoms with E-state index >= 15 is 0 Å². The Morgan fingerprint density at radius 3 is 2.79 bits per heavy atom. The Morgan fingerprint density at radius 2 is 2.11 bits per heavy atom. The molecule has 1 aromatic heterocycles.